The Morgan fingerprint density at radius 1 is 1.14 bits per heavy atom. The average Bonchev–Trinajstić information content (AvgIpc) is 2.95. The number of rotatable bonds is 4. The van der Waals surface area contributed by atoms with Crippen molar-refractivity contribution in [2.24, 2.45) is 0 Å². The molecular formula is C16H18N2O2S. The van der Waals surface area contributed by atoms with E-state index in [2.05, 4.69) is 10.0 Å². The van der Waals surface area contributed by atoms with Gasteiger partial charge >= 0.3 is 0 Å². The first-order chi connectivity index (χ1) is 10.1. The van der Waals surface area contributed by atoms with Gasteiger partial charge in [-0.15, -0.1) is 0 Å². The lowest BCUT2D eigenvalue weighted by atomic mass is 10.1. The topological polar surface area (TPSA) is 58.2 Å². The second-order valence-electron chi connectivity index (χ2n) is 5.25. The van der Waals surface area contributed by atoms with E-state index < -0.39 is 10.0 Å². The molecular weight excluding hydrogens is 284 g/mol. The van der Waals surface area contributed by atoms with Crippen LogP contribution in [0.4, 0.5) is 5.69 Å². The predicted octanol–water partition coefficient (Wildman–Crippen LogP) is 2.69. The fourth-order valence-electron chi connectivity index (χ4n) is 2.56. The minimum absolute atomic E-state index is 0.262. The molecule has 0 saturated heterocycles. The standard InChI is InChI=1S/C16H18N2O2S/c1-12(13-5-3-2-4-6-13)18-21(19,20)15-7-8-16-14(11-15)9-10-17-16/h2-8,11-12,17-18H,9-10H2,1H3. The summed E-state index contributed by atoms with van der Waals surface area (Å²) in [6.45, 7) is 2.72. The van der Waals surface area contributed by atoms with Crippen molar-refractivity contribution in [2.75, 3.05) is 11.9 Å². The van der Waals surface area contributed by atoms with Gasteiger partial charge in [0, 0.05) is 18.3 Å². The van der Waals surface area contributed by atoms with Crippen LogP contribution in [0.3, 0.4) is 0 Å². The molecule has 1 atom stereocenters. The molecule has 1 aliphatic heterocycles. The summed E-state index contributed by atoms with van der Waals surface area (Å²) in [6.07, 6.45) is 0.868. The van der Waals surface area contributed by atoms with Gasteiger partial charge in [0.25, 0.3) is 0 Å². The van der Waals surface area contributed by atoms with Gasteiger partial charge in [-0.05, 0) is 42.7 Å². The van der Waals surface area contributed by atoms with Gasteiger partial charge in [0.05, 0.1) is 4.90 Å². The Bertz CT molecular complexity index is 742. The number of benzene rings is 2. The van der Waals surface area contributed by atoms with Gasteiger partial charge in [-0.3, -0.25) is 0 Å². The van der Waals surface area contributed by atoms with Crippen LogP contribution in [0.15, 0.2) is 53.4 Å². The molecule has 2 aromatic rings. The van der Waals surface area contributed by atoms with Crippen molar-refractivity contribution in [1.82, 2.24) is 4.72 Å². The largest absolute Gasteiger partial charge is 0.384 e. The van der Waals surface area contributed by atoms with Crippen LogP contribution in [0, 0.1) is 0 Å². The van der Waals surface area contributed by atoms with Crippen molar-refractivity contribution in [3.05, 3.63) is 59.7 Å². The van der Waals surface area contributed by atoms with Crippen LogP contribution in [0.1, 0.15) is 24.1 Å². The lowest BCUT2D eigenvalue weighted by molar-refractivity contribution is 0.567. The highest BCUT2D eigenvalue weighted by Crippen LogP contribution is 2.25. The molecule has 21 heavy (non-hydrogen) atoms. The molecule has 3 rings (SSSR count). The van der Waals surface area contributed by atoms with Gasteiger partial charge in [0.2, 0.25) is 10.0 Å². The molecule has 5 heteroatoms. The maximum absolute atomic E-state index is 12.5. The second kappa shape index (κ2) is 5.50. The molecule has 0 amide bonds. The summed E-state index contributed by atoms with van der Waals surface area (Å²) < 4.78 is 27.7. The zero-order valence-corrected chi connectivity index (χ0v) is 12.7. The average molecular weight is 302 g/mol. The molecule has 0 saturated carbocycles. The number of nitrogens with one attached hydrogen (secondary N) is 2. The monoisotopic (exact) mass is 302 g/mol. The number of fused-ring (bicyclic) bond motifs is 1. The molecule has 0 spiro atoms. The van der Waals surface area contributed by atoms with Gasteiger partial charge in [-0.1, -0.05) is 30.3 Å². The third-order valence-corrected chi connectivity index (χ3v) is 5.27. The highest BCUT2D eigenvalue weighted by Gasteiger charge is 2.20. The van der Waals surface area contributed by atoms with E-state index >= 15 is 0 Å². The molecule has 1 unspecified atom stereocenters. The van der Waals surface area contributed by atoms with Crippen LogP contribution in [0.5, 0.6) is 0 Å². The molecule has 2 N–H and O–H groups in total. The SMILES string of the molecule is CC(NS(=O)(=O)c1ccc2c(c1)CCN2)c1ccccc1. The van der Waals surface area contributed by atoms with Crippen LogP contribution in [-0.4, -0.2) is 15.0 Å². The van der Waals surface area contributed by atoms with E-state index in [1.54, 1.807) is 12.1 Å². The van der Waals surface area contributed by atoms with Gasteiger partial charge in [-0.2, -0.15) is 0 Å². The van der Waals surface area contributed by atoms with Crippen molar-refractivity contribution in [3.8, 4) is 0 Å². The Labute approximate surface area is 125 Å². The smallest absolute Gasteiger partial charge is 0.241 e. The van der Waals surface area contributed by atoms with Crippen LogP contribution in [0.2, 0.25) is 0 Å². The van der Waals surface area contributed by atoms with E-state index in [4.69, 9.17) is 0 Å². The highest BCUT2D eigenvalue weighted by atomic mass is 32.2. The Kier molecular flexibility index (Phi) is 3.69. The van der Waals surface area contributed by atoms with E-state index in [1.807, 2.05) is 43.3 Å². The summed E-state index contributed by atoms with van der Waals surface area (Å²) in [4.78, 5) is 0.327. The van der Waals surface area contributed by atoms with Crippen molar-refractivity contribution in [1.29, 1.82) is 0 Å². The van der Waals surface area contributed by atoms with Gasteiger partial charge in [0.15, 0.2) is 0 Å². The van der Waals surface area contributed by atoms with Crippen molar-refractivity contribution >= 4 is 15.7 Å². The van der Waals surface area contributed by atoms with Crippen LogP contribution >= 0.6 is 0 Å². The molecule has 110 valence electrons. The summed E-state index contributed by atoms with van der Waals surface area (Å²) >= 11 is 0. The minimum Gasteiger partial charge on any atom is -0.384 e. The Balaban J connectivity index is 1.84. The van der Waals surface area contributed by atoms with Crippen molar-refractivity contribution < 1.29 is 8.42 Å². The summed E-state index contributed by atoms with van der Waals surface area (Å²) in [5.41, 5.74) is 3.04. The molecule has 0 aliphatic carbocycles. The lowest BCUT2D eigenvalue weighted by Crippen LogP contribution is -2.26. The van der Waals surface area contributed by atoms with Crippen LogP contribution in [-0.2, 0) is 16.4 Å². The molecule has 0 radical (unpaired) electrons. The molecule has 4 nitrogen and oxygen atoms in total. The number of anilines is 1. The first-order valence-corrected chi connectivity index (χ1v) is 8.49. The molecule has 1 aliphatic rings. The van der Waals surface area contributed by atoms with Crippen LogP contribution < -0.4 is 10.0 Å². The highest BCUT2D eigenvalue weighted by molar-refractivity contribution is 7.89. The van der Waals surface area contributed by atoms with E-state index in [9.17, 15) is 8.42 Å². The van der Waals surface area contributed by atoms with E-state index in [0.717, 1.165) is 29.8 Å². The first-order valence-electron chi connectivity index (χ1n) is 7.00. The number of hydrogen-bond acceptors (Lipinski definition) is 3. The third kappa shape index (κ3) is 2.94. The summed E-state index contributed by atoms with van der Waals surface area (Å²) in [5, 5.41) is 3.23. The summed E-state index contributed by atoms with van der Waals surface area (Å²) in [5.74, 6) is 0. The van der Waals surface area contributed by atoms with Crippen LogP contribution in [0.25, 0.3) is 0 Å². The van der Waals surface area contributed by atoms with Gasteiger partial charge < -0.3 is 5.32 Å². The molecule has 0 fully saturated rings. The fourth-order valence-corrected chi connectivity index (χ4v) is 3.84. The van der Waals surface area contributed by atoms with Crippen molar-refractivity contribution in [2.45, 2.75) is 24.3 Å². The third-order valence-electron chi connectivity index (χ3n) is 3.73. The molecule has 0 aromatic heterocycles. The maximum atomic E-state index is 12.5. The predicted molar refractivity (Wildman–Crippen MR) is 83.8 cm³/mol. The van der Waals surface area contributed by atoms with Gasteiger partial charge in [0.1, 0.15) is 0 Å². The molecule has 0 bridgehead atoms. The summed E-state index contributed by atoms with van der Waals surface area (Å²) in [7, 11) is -3.51. The maximum Gasteiger partial charge on any atom is 0.241 e. The number of sulfonamides is 1. The van der Waals surface area contributed by atoms with Crippen molar-refractivity contribution in [3.63, 3.8) is 0 Å². The second-order valence-corrected chi connectivity index (χ2v) is 6.96. The van der Waals surface area contributed by atoms with E-state index in [1.165, 1.54) is 0 Å². The molecule has 2 aromatic carbocycles. The Morgan fingerprint density at radius 2 is 1.90 bits per heavy atom. The number of hydrogen-bond donors (Lipinski definition) is 2. The Morgan fingerprint density at radius 3 is 2.67 bits per heavy atom. The fraction of sp³-hybridized carbons (Fsp3) is 0.250. The quantitative estimate of drug-likeness (QED) is 0.913. The zero-order valence-electron chi connectivity index (χ0n) is 11.8. The molecule has 1 heterocycles. The summed E-state index contributed by atoms with van der Waals surface area (Å²) in [6, 6.07) is 14.5. The van der Waals surface area contributed by atoms with E-state index in [-0.39, 0.29) is 6.04 Å². The lowest BCUT2D eigenvalue weighted by Gasteiger charge is -2.15. The normalized spacial score (nSPS) is 15.3. The zero-order chi connectivity index (χ0) is 14.9. The Hall–Kier alpha value is -1.85. The van der Waals surface area contributed by atoms with E-state index in [0.29, 0.717) is 4.90 Å². The minimum atomic E-state index is -3.51. The van der Waals surface area contributed by atoms with Gasteiger partial charge in [-0.25, -0.2) is 13.1 Å². The first kappa shape index (κ1) is 14.1.